The number of rotatable bonds is 6. The third-order valence-electron chi connectivity index (χ3n) is 3.85. The summed E-state index contributed by atoms with van der Waals surface area (Å²) in [6, 6.07) is 5.16. The average Bonchev–Trinajstić information content (AvgIpc) is 3.16. The molecule has 12 heteroatoms. The molecule has 3 rings (SSSR count). The van der Waals surface area contributed by atoms with Crippen LogP contribution in [0.1, 0.15) is 11.3 Å². The van der Waals surface area contributed by atoms with Crippen LogP contribution in [0.3, 0.4) is 0 Å². The molecule has 3 aromatic rings. The Bertz CT molecular complexity index is 1060. The molecule has 0 bridgehead atoms. The van der Waals surface area contributed by atoms with Gasteiger partial charge < -0.3 is 15.4 Å². The van der Waals surface area contributed by atoms with Gasteiger partial charge in [0, 0.05) is 16.2 Å². The average molecular weight is 444 g/mol. The topological polar surface area (TPSA) is 108 Å². The van der Waals surface area contributed by atoms with Crippen molar-refractivity contribution in [2.45, 2.75) is 20.0 Å². The number of nitrogens with zero attached hydrogens (tertiary/aromatic N) is 5. The predicted octanol–water partition coefficient (Wildman–Crippen LogP) is 3.94. The number of benzene rings is 1. The maximum Gasteiger partial charge on any atom is 0.408 e. The SMILES string of the molecule is Cc1c(Cl)c([N+](=O)[O-])nn1CC(=O)Nc1cnn(Cc2ccc(Cl)cc2Cl)c1. The molecule has 28 heavy (non-hydrogen) atoms. The van der Waals surface area contributed by atoms with Crippen molar-refractivity contribution < 1.29 is 9.72 Å². The summed E-state index contributed by atoms with van der Waals surface area (Å²) in [4.78, 5) is 22.4. The van der Waals surface area contributed by atoms with Crippen LogP contribution in [-0.2, 0) is 17.9 Å². The smallest absolute Gasteiger partial charge is 0.358 e. The molecule has 0 atom stereocenters. The molecule has 0 saturated heterocycles. The quantitative estimate of drug-likeness (QED) is 0.458. The summed E-state index contributed by atoms with van der Waals surface area (Å²) >= 11 is 17.9. The van der Waals surface area contributed by atoms with Crippen LogP contribution in [0.2, 0.25) is 15.1 Å². The summed E-state index contributed by atoms with van der Waals surface area (Å²) < 4.78 is 2.78. The van der Waals surface area contributed by atoms with Gasteiger partial charge in [-0.3, -0.25) is 9.48 Å². The Hall–Kier alpha value is -2.62. The number of nitro groups is 1. The van der Waals surface area contributed by atoms with E-state index in [1.54, 1.807) is 36.0 Å². The highest BCUT2D eigenvalue weighted by Gasteiger charge is 2.25. The minimum atomic E-state index is -0.699. The molecule has 2 heterocycles. The van der Waals surface area contributed by atoms with E-state index in [0.29, 0.717) is 28.0 Å². The van der Waals surface area contributed by atoms with Crippen LogP contribution in [0.5, 0.6) is 0 Å². The van der Waals surface area contributed by atoms with Gasteiger partial charge in [-0.05, 0) is 29.5 Å². The largest absolute Gasteiger partial charge is 0.408 e. The maximum atomic E-state index is 12.2. The van der Waals surface area contributed by atoms with Crippen LogP contribution in [0.25, 0.3) is 0 Å². The Balaban J connectivity index is 1.66. The number of carbonyl (C=O) groups is 1. The van der Waals surface area contributed by atoms with Crippen LogP contribution in [-0.4, -0.2) is 30.4 Å². The molecule has 0 aliphatic heterocycles. The molecule has 1 amide bonds. The van der Waals surface area contributed by atoms with Crippen LogP contribution < -0.4 is 5.32 Å². The number of aromatic nitrogens is 4. The molecule has 2 aromatic heterocycles. The number of anilines is 1. The van der Waals surface area contributed by atoms with Crippen molar-refractivity contribution >= 4 is 52.2 Å². The second kappa shape index (κ2) is 8.17. The van der Waals surface area contributed by atoms with E-state index in [4.69, 9.17) is 34.8 Å². The van der Waals surface area contributed by atoms with Crippen LogP contribution in [0, 0.1) is 17.0 Å². The highest BCUT2D eigenvalue weighted by atomic mass is 35.5. The van der Waals surface area contributed by atoms with E-state index in [1.807, 2.05) is 0 Å². The summed E-state index contributed by atoms with van der Waals surface area (Å²) in [7, 11) is 0. The molecule has 0 aliphatic carbocycles. The minimum absolute atomic E-state index is 0.0922. The molecular weight excluding hydrogens is 431 g/mol. The molecule has 0 fully saturated rings. The van der Waals surface area contributed by atoms with Crippen molar-refractivity contribution in [2.24, 2.45) is 0 Å². The number of amides is 1. The van der Waals surface area contributed by atoms with Crippen LogP contribution >= 0.6 is 34.8 Å². The van der Waals surface area contributed by atoms with Crippen molar-refractivity contribution in [3.05, 3.63) is 67.0 Å². The third-order valence-corrected chi connectivity index (χ3v) is 4.88. The Labute approximate surface area is 173 Å². The third kappa shape index (κ3) is 4.44. The second-order valence-corrected chi connectivity index (χ2v) is 7.07. The molecule has 1 N–H and O–H groups in total. The lowest BCUT2D eigenvalue weighted by molar-refractivity contribution is -0.389. The van der Waals surface area contributed by atoms with Crippen molar-refractivity contribution in [3.8, 4) is 0 Å². The molecular formula is C16H13Cl3N6O3. The molecule has 0 saturated carbocycles. The van der Waals surface area contributed by atoms with Gasteiger partial charge in [-0.25, -0.2) is 0 Å². The summed E-state index contributed by atoms with van der Waals surface area (Å²) in [5.74, 6) is -0.916. The number of hydrogen-bond donors (Lipinski definition) is 1. The molecule has 0 spiro atoms. The van der Waals surface area contributed by atoms with E-state index in [2.05, 4.69) is 15.5 Å². The Morgan fingerprint density at radius 2 is 2.07 bits per heavy atom. The fraction of sp³-hybridized carbons (Fsp3) is 0.188. The van der Waals surface area contributed by atoms with E-state index in [9.17, 15) is 14.9 Å². The lowest BCUT2D eigenvalue weighted by Crippen LogP contribution is -2.20. The van der Waals surface area contributed by atoms with Crippen molar-refractivity contribution in [1.29, 1.82) is 0 Å². The number of halogens is 3. The summed E-state index contributed by atoms with van der Waals surface area (Å²) in [5, 5.41) is 22.4. The first-order chi connectivity index (χ1) is 13.2. The normalized spacial score (nSPS) is 10.9. The van der Waals surface area contributed by atoms with Gasteiger partial charge in [0.1, 0.15) is 6.54 Å². The van der Waals surface area contributed by atoms with Gasteiger partial charge in [-0.15, -0.1) is 0 Å². The van der Waals surface area contributed by atoms with Crippen LogP contribution in [0.4, 0.5) is 11.5 Å². The Morgan fingerprint density at radius 3 is 2.71 bits per heavy atom. The number of carbonyl (C=O) groups excluding carboxylic acids is 1. The van der Waals surface area contributed by atoms with Gasteiger partial charge in [-0.1, -0.05) is 40.9 Å². The van der Waals surface area contributed by atoms with Gasteiger partial charge in [-0.2, -0.15) is 9.78 Å². The van der Waals surface area contributed by atoms with Gasteiger partial charge in [0.05, 0.1) is 29.2 Å². The summed E-state index contributed by atoms with van der Waals surface area (Å²) in [6.07, 6.45) is 3.11. The first-order valence-corrected chi connectivity index (χ1v) is 9.01. The van der Waals surface area contributed by atoms with Gasteiger partial charge >= 0.3 is 5.82 Å². The maximum absolute atomic E-state index is 12.2. The fourth-order valence-corrected chi connectivity index (χ4v) is 3.13. The molecule has 0 aliphatic rings. The standard InChI is InChI=1S/C16H13Cl3N6O3/c1-9-15(19)16(25(27)28)22-24(9)8-14(26)21-12-5-20-23(7-12)6-10-2-3-11(17)4-13(10)18/h2-5,7H,6,8H2,1H3,(H,21,26). The van der Waals surface area contributed by atoms with E-state index < -0.39 is 16.6 Å². The summed E-state index contributed by atoms with van der Waals surface area (Å²) in [5.41, 5.74) is 1.61. The highest BCUT2D eigenvalue weighted by molar-refractivity contribution is 6.35. The first-order valence-electron chi connectivity index (χ1n) is 7.88. The van der Waals surface area contributed by atoms with Crippen molar-refractivity contribution in [1.82, 2.24) is 19.6 Å². The van der Waals surface area contributed by atoms with Crippen molar-refractivity contribution in [2.75, 3.05) is 5.32 Å². The zero-order chi connectivity index (χ0) is 20.4. The predicted molar refractivity (Wildman–Crippen MR) is 105 cm³/mol. The van der Waals surface area contributed by atoms with E-state index in [0.717, 1.165) is 5.56 Å². The summed E-state index contributed by atoms with van der Waals surface area (Å²) in [6.45, 7) is 1.71. The minimum Gasteiger partial charge on any atom is -0.358 e. The van der Waals surface area contributed by atoms with Crippen molar-refractivity contribution in [3.63, 3.8) is 0 Å². The number of hydrogen-bond acceptors (Lipinski definition) is 5. The van der Waals surface area contributed by atoms with Crippen LogP contribution in [0.15, 0.2) is 30.6 Å². The Morgan fingerprint density at radius 1 is 1.32 bits per heavy atom. The number of nitrogens with one attached hydrogen (secondary N) is 1. The highest BCUT2D eigenvalue weighted by Crippen LogP contribution is 2.26. The second-order valence-electron chi connectivity index (χ2n) is 5.85. The lowest BCUT2D eigenvalue weighted by Gasteiger charge is -2.05. The molecule has 1 aromatic carbocycles. The molecule has 146 valence electrons. The first kappa shape index (κ1) is 20.1. The fourth-order valence-electron chi connectivity index (χ4n) is 2.45. The molecule has 9 nitrogen and oxygen atoms in total. The van der Waals surface area contributed by atoms with E-state index >= 15 is 0 Å². The molecule has 0 unspecified atom stereocenters. The van der Waals surface area contributed by atoms with Gasteiger partial charge in [0.25, 0.3) is 0 Å². The van der Waals surface area contributed by atoms with Gasteiger partial charge in [0.15, 0.2) is 5.02 Å². The monoisotopic (exact) mass is 442 g/mol. The Kier molecular flexibility index (Phi) is 5.87. The van der Waals surface area contributed by atoms with Gasteiger partial charge in [0.2, 0.25) is 5.91 Å². The van der Waals surface area contributed by atoms with E-state index in [1.165, 1.54) is 10.9 Å². The molecule has 0 radical (unpaired) electrons. The van der Waals surface area contributed by atoms with E-state index in [-0.39, 0.29) is 11.6 Å². The lowest BCUT2D eigenvalue weighted by atomic mass is 10.2. The zero-order valence-corrected chi connectivity index (χ0v) is 16.7. The zero-order valence-electron chi connectivity index (χ0n) is 14.4.